The number of pyridine rings is 1. The van der Waals surface area contributed by atoms with Crippen molar-refractivity contribution < 1.29 is 14.7 Å². The van der Waals surface area contributed by atoms with Crippen LogP contribution in [0.25, 0.3) is 0 Å². The first-order valence-electron chi connectivity index (χ1n) is 7.41. The number of nitrogens with zero attached hydrogens (tertiary/aromatic N) is 2. The average Bonchev–Trinajstić information content (AvgIpc) is 2.53. The maximum Gasteiger partial charge on any atom is 0.307 e. The van der Waals surface area contributed by atoms with Gasteiger partial charge in [-0.2, -0.15) is 0 Å². The Morgan fingerprint density at radius 2 is 1.81 bits per heavy atom. The molecular formula is C16H22N2O3. The van der Waals surface area contributed by atoms with Crippen molar-refractivity contribution in [1.82, 2.24) is 9.88 Å². The van der Waals surface area contributed by atoms with Gasteiger partial charge in [0, 0.05) is 19.4 Å². The second-order valence-electron chi connectivity index (χ2n) is 5.74. The number of aliphatic carboxylic acids is 1. The Morgan fingerprint density at radius 1 is 1.24 bits per heavy atom. The van der Waals surface area contributed by atoms with Crippen molar-refractivity contribution in [3.05, 3.63) is 30.1 Å². The highest BCUT2D eigenvalue weighted by Crippen LogP contribution is 2.33. The Morgan fingerprint density at radius 3 is 2.38 bits per heavy atom. The predicted octanol–water partition coefficient (Wildman–Crippen LogP) is 2.49. The van der Waals surface area contributed by atoms with Crippen LogP contribution in [0.5, 0.6) is 0 Å². The fraction of sp³-hybridized carbons (Fsp3) is 0.562. The predicted molar refractivity (Wildman–Crippen MR) is 78.5 cm³/mol. The van der Waals surface area contributed by atoms with Gasteiger partial charge in [0.05, 0.1) is 17.9 Å². The third-order valence-electron chi connectivity index (χ3n) is 4.52. The van der Waals surface area contributed by atoms with Gasteiger partial charge in [0.2, 0.25) is 5.91 Å². The minimum atomic E-state index is -0.849. The first kappa shape index (κ1) is 15.5. The highest BCUT2D eigenvalue weighted by atomic mass is 16.4. The Bertz CT molecular complexity index is 504. The van der Waals surface area contributed by atoms with Crippen molar-refractivity contribution in [1.29, 1.82) is 0 Å². The smallest absolute Gasteiger partial charge is 0.307 e. The number of hydrogen-bond donors (Lipinski definition) is 1. The van der Waals surface area contributed by atoms with E-state index in [1.165, 1.54) is 0 Å². The van der Waals surface area contributed by atoms with Crippen LogP contribution < -0.4 is 0 Å². The summed E-state index contributed by atoms with van der Waals surface area (Å²) >= 11 is 0. The maximum atomic E-state index is 12.7. The highest BCUT2D eigenvalue weighted by molar-refractivity contribution is 5.85. The van der Waals surface area contributed by atoms with E-state index in [1.54, 1.807) is 24.3 Å². The van der Waals surface area contributed by atoms with Crippen LogP contribution in [0, 0.1) is 11.8 Å². The summed E-state index contributed by atoms with van der Waals surface area (Å²) in [6.07, 6.45) is 6.49. The topological polar surface area (TPSA) is 70.5 Å². The molecule has 5 heteroatoms. The maximum absolute atomic E-state index is 12.7. The Balaban J connectivity index is 2.12. The molecule has 0 aromatic carbocycles. The molecule has 0 radical (unpaired) electrons. The summed E-state index contributed by atoms with van der Waals surface area (Å²) in [5.74, 6) is -1.85. The van der Waals surface area contributed by atoms with Crippen molar-refractivity contribution in [3.63, 3.8) is 0 Å². The number of carbonyl (C=O) groups is 2. The van der Waals surface area contributed by atoms with Crippen LogP contribution >= 0.6 is 0 Å². The normalized spacial score (nSPS) is 23.3. The van der Waals surface area contributed by atoms with E-state index < -0.39 is 17.8 Å². The standard InChI is InChI=1S/C16H22N2O3/c1-11(12-7-9-17-10-8-12)18(2)15(19)13-5-3-4-6-14(13)16(20)21/h7-11,13-14H,3-6H2,1-2H3,(H,20,21)/t11?,13-,14+/m1/s1. The van der Waals surface area contributed by atoms with Crippen molar-refractivity contribution in [2.75, 3.05) is 7.05 Å². The van der Waals surface area contributed by atoms with Crippen molar-refractivity contribution in [2.24, 2.45) is 11.8 Å². The molecule has 1 amide bonds. The molecule has 1 saturated carbocycles. The van der Waals surface area contributed by atoms with Crippen LogP contribution in [0.1, 0.15) is 44.2 Å². The van der Waals surface area contributed by atoms with Gasteiger partial charge in [-0.15, -0.1) is 0 Å². The molecule has 5 nitrogen and oxygen atoms in total. The zero-order valence-corrected chi connectivity index (χ0v) is 12.5. The third kappa shape index (κ3) is 3.40. The van der Waals surface area contributed by atoms with E-state index in [0.717, 1.165) is 18.4 Å². The van der Waals surface area contributed by atoms with Crippen LogP contribution in [0.15, 0.2) is 24.5 Å². The molecule has 1 aromatic rings. The third-order valence-corrected chi connectivity index (χ3v) is 4.52. The lowest BCUT2D eigenvalue weighted by atomic mass is 9.78. The summed E-state index contributed by atoms with van der Waals surface area (Å²) in [5.41, 5.74) is 1.00. The Kier molecular flexibility index (Phi) is 4.94. The van der Waals surface area contributed by atoms with Crippen molar-refractivity contribution in [2.45, 2.75) is 38.6 Å². The molecule has 1 aliphatic rings. The molecule has 21 heavy (non-hydrogen) atoms. The molecular weight excluding hydrogens is 268 g/mol. The van der Waals surface area contributed by atoms with Gasteiger partial charge < -0.3 is 10.0 Å². The highest BCUT2D eigenvalue weighted by Gasteiger charge is 2.38. The van der Waals surface area contributed by atoms with Crippen molar-refractivity contribution in [3.8, 4) is 0 Å². The molecule has 1 heterocycles. The zero-order chi connectivity index (χ0) is 15.4. The van der Waals surface area contributed by atoms with Crippen LogP contribution in [0.3, 0.4) is 0 Å². The summed E-state index contributed by atoms with van der Waals surface area (Å²) < 4.78 is 0. The summed E-state index contributed by atoms with van der Waals surface area (Å²) in [5, 5.41) is 9.32. The van der Waals surface area contributed by atoms with Gasteiger partial charge in [-0.05, 0) is 37.5 Å². The van der Waals surface area contributed by atoms with Gasteiger partial charge in [0.15, 0.2) is 0 Å². The number of carboxylic acid groups (broad SMARTS) is 1. The Labute approximate surface area is 125 Å². The quantitative estimate of drug-likeness (QED) is 0.925. The molecule has 0 bridgehead atoms. The molecule has 1 aliphatic carbocycles. The molecule has 0 aliphatic heterocycles. The first-order chi connectivity index (χ1) is 10.0. The van der Waals surface area contributed by atoms with E-state index in [9.17, 15) is 14.7 Å². The van der Waals surface area contributed by atoms with E-state index in [0.29, 0.717) is 12.8 Å². The number of aromatic nitrogens is 1. The summed E-state index contributed by atoms with van der Waals surface area (Å²) in [7, 11) is 1.75. The molecule has 1 fully saturated rings. The van der Waals surface area contributed by atoms with Gasteiger partial charge in [-0.1, -0.05) is 12.8 Å². The lowest BCUT2D eigenvalue weighted by molar-refractivity contribution is -0.152. The van der Waals surface area contributed by atoms with Crippen LogP contribution in [0.4, 0.5) is 0 Å². The number of carboxylic acids is 1. The number of carbonyl (C=O) groups excluding carboxylic acids is 1. The van der Waals surface area contributed by atoms with E-state index in [-0.39, 0.29) is 11.9 Å². The molecule has 3 atom stereocenters. The van der Waals surface area contributed by atoms with E-state index >= 15 is 0 Å². The van der Waals surface area contributed by atoms with Crippen LogP contribution in [-0.4, -0.2) is 33.9 Å². The minimum absolute atomic E-state index is 0.0635. The molecule has 1 unspecified atom stereocenters. The lowest BCUT2D eigenvalue weighted by Gasteiger charge is -2.34. The lowest BCUT2D eigenvalue weighted by Crippen LogP contribution is -2.41. The first-order valence-corrected chi connectivity index (χ1v) is 7.41. The Hall–Kier alpha value is -1.91. The fourth-order valence-electron chi connectivity index (χ4n) is 3.04. The van der Waals surface area contributed by atoms with Gasteiger partial charge in [0.1, 0.15) is 0 Å². The fourth-order valence-corrected chi connectivity index (χ4v) is 3.04. The van der Waals surface area contributed by atoms with E-state index in [2.05, 4.69) is 4.98 Å². The van der Waals surface area contributed by atoms with Gasteiger partial charge in [0.25, 0.3) is 0 Å². The molecule has 2 rings (SSSR count). The van der Waals surface area contributed by atoms with Gasteiger partial charge in [-0.3, -0.25) is 14.6 Å². The second-order valence-corrected chi connectivity index (χ2v) is 5.74. The second kappa shape index (κ2) is 6.70. The number of rotatable bonds is 4. The summed E-state index contributed by atoms with van der Waals surface area (Å²) in [6.45, 7) is 1.95. The van der Waals surface area contributed by atoms with E-state index in [1.807, 2.05) is 19.1 Å². The van der Waals surface area contributed by atoms with Gasteiger partial charge >= 0.3 is 5.97 Å². The zero-order valence-electron chi connectivity index (χ0n) is 12.5. The SMILES string of the molecule is CC(c1ccncc1)N(C)C(=O)[C@@H]1CCCC[C@@H]1C(=O)O. The van der Waals surface area contributed by atoms with Crippen LogP contribution in [0.2, 0.25) is 0 Å². The number of hydrogen-bond acceptors (Lipinski definition) is 3. The largest absolute Gasteiger partial charge is 0.481 e. The molecule has 1 aromatic heterocycles. The van der Waals surface area contributed by atoms with Gasteiger partial charge in [-0.25, -0.2) is 0 Å². The molecule has 1 N–H and O–H groups in total. The molecule has 0 spiro atoms. The molecule has 114 valence electrons. The summed E-state index contributed by atoms with van der Waals surface area (Å²) in [6, 6.07) is 3.67. The average molecular weight is 290 g/mol. The van der Waals surface area contributed by atoms with E-state index in [4.69, 9.17) is 0 Å². The summed E-state index contributed by atoms with van der Waals surface area (Å²) in [4.78, 5) is 29.7. The van der Waals surface area contributed by atoms with Crippen molar-refractivity contribution >= 4 is 11.9 Å². The number of amides is 1. The molecule has 0 saturated heterocycles. The monoisotopic (exact) mass is 290 g/mol. The minimum Gasteiger partial charge on any atom is -0.481 e. The van der Waals surface area contributed by atoms with Crippen LogP contribution in [-0.2, 0) is 9.59 Å².